The normalized spacial score (nSPS) is 15.7. The first-order chi connectivity index (χ1) is 12.4. The van der Waals surface area contributed by atoms with Gasteiger partial charge in [-0.25, -0.2) is 13.6 Å². The van der Waals surface area contributed by atoms with Crippen molar-refractivity contribution < 1.29 is 18.4 Å². The van der Waals surface area contributed by atoms with Crippen molar-refractivity contribution in [2.45, 2.75) is 24.3 Å². The Morgan fingerprint density at radius 2 is 1.92 bits per heavy atom. The number of rotatable bonds is 3. The Kier molecular flexibility index (Phi) is 5.41. The highest BCUT2D eigenvalue weighted by atomic mass is 32.2. The summed E-state index contributed by atoms with van der Waals surface area (Å²) >= 11 is 1.43. The van der Waals surface area contributed by atoms with Gasteiger partial charge in [0.2, 0.25) is 5.91 Å². The zero-order valence-corrected chi connectivity index (χ0v) is 14.8. The van der Waals surface area contributed by atoms with Gasteiger partial charge < -0.3 is 16.0 Å². The van der Waals surface area contributed by atoms with Crippen LogP contribution in [0.4, 0.5) is 25.0 Å². The van der Waals surface area contributed by atoms with Crippen molar-refractivity contribution in [3.05, 3.63) is 53.6 Å². The van der Waals surface area contributed by atoms with Crippen molar-refractivity contribution in [1.82, 2.24) is 5.32 Å². The van der Waals surface area contributed by atoms with E-state index < -0.39 is 17.8 Å². The van der Waals surface area contributed by atoms with E-state index in [-0.39, 0.29) is 17.5 Å². The van der Waals surface area contributed by atoms with Crippen LogP contribution in [0.15, 0.2) is 41.3 Å². The zero-order valence-electron chi connectivity index (χ0n) is 13.9. The van der Waals surface area contributed by atoms with E-state index in [9.17, 15) is 18.4 Å². The molecule has 3 amide bonds. The molecule has 136 valence electrons. The van der Waals surface area contributed by atoms with Gasteiger partial charge >= 0.3 is 6.03 Å². The maximum atomic E-state index is 13.9. The first-order valence-corrected chi connectivity index (χ1v) is 8.98. The lowest BCUT2D eigenvalue weighted by Gasteiger charge is -2.26. The lowest BCUT2D eigenvalue weighted by molar-refractivity contribution is -0.114. The lowest BCUT2D eigenvalue weighted by Crippen LogP contribution is -2.34. The highest BCUT2D eigenvalue weighted by molar-refractivity contribution is 7.99. The first-order valence-electron chi connectivity index (χ1n) is 8.00. The van der Waals surface area contributed by atoms with Crippen LogP contribution in [-0.4, -0.2) is 17.7 Å². The predicted octanol–water partition coefficient (Wildman–Crippen LogP) is 4.28. The van der Waals surface area contributed by atoms with Crippen LogP contribution >= 0.6 is 11.8 Å². The fourth-order valence-corrected chi connectivity index (χ4v) is 3.89. The fraction of sp³-hybridized carbons (Fsp3) is 0.222. The molecule has 0 fully saturated rings. The summed E-state index contributed by atoms with van der Waals surface area (Å²) in [5.74, 6) is -0.608. The van der Waals surface area contributed by atoms with Gasteiger partial charge in [-0.15, -0.1) is 11.8 Å². The summed E-state index contributed by atoms with van der Waals surface area (Å²) in [5.41, 5.74) is 1.06. The Balaban J connectivity index is 1.71. The molecule has 0 bridgehead atoms. The highest BCUT2D eigenvalue weighted by Crippen LogP contribution is 2.37. The molecule has 26 heavy (non-hydrogen) atoms. The molecule has 0 aliphatic carbocycles. The summed E-state index contributed by atoms with van der Waals surface area (Å²) in [4.78, 5) is 23.9. The minimum absolute atomic E-state index is 0.0169. The van der Waals surface area contributed by atoms with Crippen molar-refractivity contribution >= 4 is 35.1 Å². The molecule has 8 heteroatoms. The van der Waals surface area contributed by atoms with Crippen molar-refractivity contribution in [1.29, 1.82) is 0 Å². The number of hydrogen-bond acceptors (Lipinski definition) is 3. The average Bonchev–Trinajstić information content (AvgIpc) is 2.58. The Labute approximate surface area is 153 Å². The molecule has 0 saturated carbocycles. The van der Waals surface area contributed by atoms with E-state index in [0.29, 0.717) is 22.8 Å². The van der Waals surface area contributed by atoms with Gasteiger partial charge in [-0.3, -0.25) is 4.79 Å². The van der Waals surface area contributed by atoms with Crippen molar-refractivity contribution in [3.8, 4) is 0 Å². The van der Waals surface area contributed by atoms with Crippen LogP contribution in [0.25, 0.3) is 0 Å². The summed E-state index contributed by atoms with van der Waals surface area (Å²) in [6, 6.07) is 7.90. The number of carbonyl (C=O) groups excluding carboxylic acids is 2. The van der Waals surface area contributed by atoms with Gasteiger partial charge in [0.25, 0.3) is 0 Å². The number of nitrogens with one attached hydrogen (secondary N) is 3. The number of amides is 3. The number of anilines is 2. The minimum atomic E-state index is -0.597. The standard InChI is InChI=1S/C18H17F2N3O2S/c1-10(24)21-16-9-11(5-6-13(16)19)22-18(25)23-15-7-8-26-17-12(15)3-2-4-14(17)20/h2-6,9,15H,7-8H2,1H3,(H,21,24)(H2,22,23,25). The van der Waals surface area contributed by atoms with Gasteiger partial charge in [0, 0.05) is 23.3 Å². The lowest BCUT2D eigenvalue weighted by atomic mass is 10.0. The second-order valence-corrected chi connectivity index (χ2v) is 6.93. The smallest absolute Gasteiger partial charge is 0.319 e. The predicted molar refractivity (Wildman–Crippen MR) is 97.3 cm³/mol. The van der Waals surface area contributed by atoms with Crippen LogP contribution in [0.2, 0.25) is 0 Å². The molecule has 0 spiro atoms. The highest BCUT2D eigenvalue weighted by Gasteiger charge is 2.24. The SMILES string of the molecule is CC(=O)Nc1cc(NC(=O)NC2CCSc3c(F)cccc32)ccc1F. The summed E-state index contributed by atoms with van der Waals surface area (Å²) < 4.78 is 27.6. The number of urea groups is 1. The fourth-order valence-electron chi connectivity index (χ4n) is 2.75. The Morgan fingerprint density at radius 3 is 2.69 bits per heavy atom. The van der Waals surface area contributed by atoms with Crippen LogP contribution < -0.4 is 16.0 Å². The number of hydrogen-bond donors (Lipinski definition) is 3. The topological polar surface area (TPSA) is 70.2 Å². The molecule has 0 aromatic heterocycles. The Morgan fingerprint density at radius 1 is 1.12 bits per heavy atom. The number of benzene rings is 2. The molecule has 1 unspecified atom stereocenters. The van der Waals surface area contributed by atoms with E-state index in [2.05, 4.69) is 16.0 Å². The van der Waals surface area contributed by atoms with Crippen LogP contribution in [0, 0.1) is 11.6 Å². The molecule has 3 N–H and O–H groups in total. The second-order valence-electron chi connectivity index (χ2n) is 5.82. The summed E-state index contributed by atoms with van der Waals surface area (Å²) in [6.45, 7) is 1.27. The number of thioether (sulfide) groups is 1. The van der Waals surface area contributed by atoms with Gasteiger partial charge in [-0.05, 0) is 36.2 Å². The minimum Gasteiger partial charge on any atom is -0.331 e. The van der Waals surface area contributed by atoms with E-state index >= 15 is 0 Å². The summed E-state index contributed by atoms with van der Waals surface area (Å²) in [7, 11) is 0. The molecule has 0 radical (unpaired) electrons. The summed E-state index contributed by atoms with van der Waals surface area (Å²) in [5, 5.41) is 7.78. The van der Waals surface area contributed by atoms with Crippen molar-refractivity contribution in [2.75, 3.05) is 16.4 Å². The zero-order chi connectivity index (χ0) is 18.7. The van der Waals surface area contributed by atoms with E-state index in [0.717, 1.165) is 11.6 Å². The number of carbonyl (C=O) groups is 2. The van der Waals surface area contributed by atoms with Crippen LogP contribution in [0.5, 0.6) is 0 Å². The molecular formula is C18H17F2N3O2S. The molecule has 5 nitrogen and oxygen atoms in total. The van der Waals surface area contributed by atoms with Crippen molar-refractivity contribution in [2.24, 2.45) is 0 Å². The first kappa shape index (κ1) is 18.2. The molecule has 2 aromatic carbocycles. The van der Waals surface area contributed by atoms with Gasteiger partial charge in [0.1, 0.15) is 11.6 Å². The molecule has 1 aliphatic rings. The van der Waals surface area contributed by atoms with Crippen molar-refractivity contribution in [3.63, 3.8) is 0 Å². The molecule has 1 aliphatic heterocycles. The molecule has 0 saturated heterocycles. The summed E-state index contributed by atoms with van der Waals surface area (Å²) in [6.07, 6.45) is 0.676. The molecule has 1 heterocycles. The molecule has 1 atom stereocenters. The molecule has 2 aromatic rings. The maximum absolute atomic E-state index is 13.9. The van der Waals surface area contributed by atoms with E-state index in [1.807, 2.05) is 0 Å². The van der Waals surface area contributed by atoms with E-state index in [4.69, 9.17) is 0 Å². The van der Waals surface area contributed by atoms with Crippen LogP contribution in [0.1, 0.15) is 24.9 Å². The number of fused-ring (bicyclic) bond motifs is 1. The van der Waals surface area contributed by atoms with Crippen LogP contribution in [-0.2, 0) is 4.79 Å². The maximum Gasteiger partial charge on any atom is 0.319 e. The van der Waals surface area contributed by atoms with Gasteiger partial charge in [0.05, 0.1) is 11.7 Å². The average molecular weight is 377 g/mol. The van der Waals surface area contributed by atoms with E-state index in [1.165, 1.54) is 36.9 Å². The van der Waals surface area contributed by atoms with Gasteiger partial charge in [-0.1, -0.05) is 12.1 Å². The Hall–Kier alpha value is -2.61. The second kappa shape index (κ2) is 7.74. The largest absolute Gasteiger partial charge is 0.331 e. The third-order valence-corrected chi connectivity index (χ3v) is 5.03. The monoisotopic (exact) mass is 377 g/mol. The van der Waals surface area contributed by atoms with Crippen LogP contribution in [0.3, 0.4) is 0 Å². The molecule has 3 rings (SSSR count). The van der Waals surface area contributed by atoms with Gasteiger partial charge in [0.15, 0.2) is 0 Å². The molecular weight excluding hydrogens is 360 g/mol. The Bertz CT molecular complexity index is 860. The number of halogens is 2. The third kappa shape index (κ3) is 4.13. The van der Waals surface area contributed by atoms with E-state index in [1.54, 1.807) is 12.1 Å². The third-order valence-electron chi connectivity index (χ3n) is 3.87. The van der Waals surface area contributed by atoms with Gasteiger partial charge in [-0.2, -0.15) is 0 Å². The quantitative estimate of drug-likeness (QED) is 0.748.